The average molecular weight is 408 g/mol. The molecular weight excluding hydrogens is 390 g/mol. The topological polar surface area (TPSA) is 61.4 Å². The van der Waals surface area contributed by atoms with Crippen molar-refractivity contribution in [2.45, 2.75) is 17.1 Å². The van der Waals surface area contributed by atoms with Gasteiger partial charge in [0.25, 0.3) is 0 Å². The van der Waals surface area contributed by atoms with Crippen molar-refractivity contribution in [2.75, 3.05) is 32.7 Å². The van der Waals surface area contributed by atoms with Crippen LogP contribution in [-0.2, 0) is 10.0 Å². The molecule has 0 radical (unpaired) electrons. The fourth-order valence-corrected chi connectivity index (χ4v) is 3.93. The Kier molecular flexibility index (Phi) is 7.76. The number of nitrogens with zero attached hydrogens (tertiary/aromatic N) is 1. The van der Waals surface area contributed by atoms with Crippen LogP contribution in [-0.4, -0.2) is 58.3 Å². The van der Waals surface area contributed by atoms with E-state index >= 15 is 0 Å². The summed E-state index contributed by atoms with van der Waals surface area (Å²) < 4.78 is 66.1. The molecule has 1 aromatic carbocycles. The van der Waals surface area contributed by atoms with Crippen LogP contribution >= 0.6 is 24.0 Å². The number of piperazine rings is 1. The normalized spacial score (nSPS) is 18.0. The molecule has 0 saturated carbocycles. The van der Waals surface area contributed by atoms with Crippen molar-refractivity contribution in [1.29, 1.82) is 0 Å². The first-order chi connectivity index (χ1) is 10.7. The van der Waals surface area contributed by atoms with Crippen LogP contribution < -0.4 is 10.0 Å². The lowest BCUT2D eigenvalue weighted by Crippen LogP contribution is -2.57. The van der Waals surface area contributed by atoms with Crippen molar-refractivity contribution in [1.82, 2.24) is 14.9 Å². The summed E-state index contributed by atoms with van der Waals surface area (Å²) in [5, 5.41) is 2.93. The van der Waals surface area contributed by atoms with Gasteiger partial charge in [0.05, 0.1) is 5.02 Å². The number of halogens is 5. The van der Waals surface area contributed by atoms with E-state index in [-0.39, 0.29) is 35.4 Å². The van der Waals surface area contributed by atoms with Crippen molar-refractivity contribution >= 4 is 34.0 Å². The Hall–Kier alpha value is -0.580. The van der Waals surface area contributed by atoms with E-state index in [2.05, 4.69) is 5.32 Å². The predicted octanol–water partition coefficient (Wildman–Crippen LogP) is 1.88. The third kappa shape index (κ3) is 5.47. The first-order valence-corrected chi connectivity index (χ1v) is 8.83. The second-order valence-electron chi connectivity index (χ2n) is 5.13. The number of rotatable bonds is 5. The summed E-state index contributed by atoms with van der Waals surface area (Å²) in [6.07, 6.45) is -4.53. The van der Waals surface area contributed by atoms with Crippen LogP contribution in [0.4, 0.5) is 13.2 Å². The van der Waals surface area contributed by atoms with Gasteiger partial charge in [-0.05, 0) is 12.1 Å². The maximum atomic E-state index is 13.2. The molecule has 1 heterocycles. The van der Waals surface area contributed by atoms with Gasteiger partial charge in [-0.2, -0.15) is 13.2 Å². The molecule has 0 amide bonds. The van der Waals surface area contributed by atoms with Crippen molar-refractivity contribution in [3.8, 4) is 0 Å². The molecule has 138 valence electrons. The summed E-state index contributed by atoms with van der Waals surface area (Å²) in [5.74, 6) is 0. The molecule has 1 aliphatic heterocycles. The number of sulfonamides is 1. The zero-order chi connectivity index (χ0) is 17.1. The lowest BCUT2D eigenvalue weighted by Gasteiger charge is -2.35. The Labute approximate surface area is 150 Å². The molecule has 0 aliphatic carbocycles. The standard InChI is InChI=1S/C13H17ClF3N3O2S.ClH/c14-10-3-1-2-4-11(10)23(21,22)19-9-12(13(15,16)17)20-7-5-18-6-8-20;/h1-4,12,18-19H,5-9H2;1H. The van der Waals surface area contributed by atoms with E-state index in [9.17, 15) is 21.6 Å². The zero-order valence-electron chi connectivity index (χ0n) is 12.5. The first kappa shape index (κ1) is 21.5. The van der Waals surface area contributed by atoms with Gasteiger partial charge in [0.2, 0.25) is 10.0 Å². The maximum Gasteiger partial charge on any atom is 0.405 e. The minimum atomic E-state index is -4.53. The quantitative estimate of drug-likeness (QED) is 0.781. The molecule has 24 heavy (non-hydrogen) atoms. The summed E-state index contributed by atoms with van der Waals surface area (Å²) in [6.45, 7) is 0.529. The smallest absolute Gasteiger partial charge is 0.314 e. The third-order valence-electron chi connectivity index (χ3n) is 3.56. The van der Waals surface area contributed by atoms with Gasteiger partial charge in [-0.1, -0.05) is 23.7 Å². The summed E-state index contributed by atoms with van der Waals surface area (Å²) >= 11 is 5.80. The van der Waals surface area contributed by atoms with Crippen LogP contribution in [0.15, 0.2) is 29.2 Å². The summed E-state index contributed by atoms with van der Waals surface area (Å²) in [7, 11) is -4.11. The lowest BCUT2D eigenvalue weighted by molar-refractivity contribution is -0.182. The Morgan fingerprint density at radius 1 is 1.25 bits per heavy atom. The minimum Gasteiger partial charge on any atom is -0.314 e. The van der Waals surface area contributed by atoms with Crippen molar-refractivity contribution in [3.63, 3.8) is 0 Å². The Bertz CT molecular complexity index is 638. The monoisotopic (exact) mass is 407 g/mol. The molecule has 1 fully saturated rings. The van der Waals surface area contributed by atoms with Crippen LogP contribution in [0.2, 0.25) is 5.02 Å². The van der Waals surface area contributed by atoms with Crippen LogP contribution in [0.25, 0.3) is 0 Å². The van der Waals surface area contributed by atoms with Crippen molar-refractivity contribution in [3.05, 3.63) is 29.3 Å². The van der Waals surface area contributed by atoms with Gasteiger partial charge >= 0.3 is 6.18 Å². The van der Waals surface area contributed by atoms with Gasteiger partial charge in [-0.15, -0.1) is 12.4 Å². The Balaban J connectivity index is 0.00000288. The van der Waals surface area contributed by atoms with Gasteiger partial charge in [-0.25, -0.2) is 13.1 Å². The minimum absolute atomic E-state index is 0. The number of nitrogens with one attached hydrogen (secondary N) is 2. The predicted molar refractivity (Wildman–Crippen MR) is 88.2 cm³/mol. The van der Waals surface area contributed by atoms with Gasteiger partial charge < -0.3 is 5.32 Å². The van der Waals surface area contributed by atoms with Gasteiger partial charge in [0, 0.05) is 32.7 Å². The van der Waals surface area contributed by atoms with E-state index in [1.54, 1.807) is 6.07 Å². The van der Waals surface area contributed by atoms with Crippen LogP contribution in [0.5, 0.6) is 0 Å². The fraction of sp³-hybridized carbons (Fsp3) is 0.538. The van der Waals surface area contributed by atoms with E-state index in [4.69, 9.17) is 11.6 Å². The van der Waals surface area contributed by atoms with Gasteiger partial charge in [0.15, 0.2) is 0 Å². The highest BCUT2D eigenvalue weighted by molar-refractivity contribution is 7.89. The van der Waals surface area contributed by atoms with E-state index in [1.165, 1.54) is 23.1 Å². The van der Waals surface area contributed by atoms with Crippen LogP contribution in [0.3, 0.4) is 0 Å². The highest BCUT2D eigenvalue weighted by Gasteiger charge is 2.44. The van der Waals surface area contributed by atoms with E-state index in [0.717, 1.165) is 0 Å². The second-order valence-corrected chi connectivity index (χ2v) is 7.27. The molecule has 5 nitrogen and oxygen atoms in total. The molecule has 1 aliphatic rings. The number of hydrogen-bond acceptors (Lipinski definition) is 4. The molecule has 0 aromatic heterocycles. The molecular formula is C13H18Cl2F3N3O2S. The molecule has 2 rings (SSSR count). The molecule has 0 spiro atoms. The fourth-order valence-electron chi connectivity index (χ4n) is 2.37. The second kappa shape index (κ2) is 8.68. The molecule has 0 bridgehead atoms. The van der Waals surface area contributed by atoms with Crippen LogP contribution in [0, 0.1) is 0 Å². The highest BCUT2D eigenvalue weighted by atomic mass is 35.5. The molecule has 2 N–H and O–H groups in total. The molecule has 1 saturated heterocycles. The lowest BCUT2D eigenvalue weighted by atomic mass is 10.2. The number of benzene rings is 1. The van der Waals surface area contributed by atoms with Crippen LogP contribution in [0.1, 0.15) is 0 Å². The molecule has 11 heteroatoms. The molecule has 1 atom stereocenters. The highest BCUT2D eigenvalue weighted by Crippen LogP contribution is 2.26. The summed E-state index contributed by atoms with van der Waals surface area (Å²) in [6, 6.07) is 3.74. The summed E-state index contributed by atoms with van der Waals surface area (Å²) in [4.78, 5) is 0.994. The largest absolute Gasteiger partial charge is 0.405 e. The number of hydrogen-bond donors (Lipinski definition) is 2. The van der Waals surface area contributed by atoms with E-state index in [0.29, 0.717) is 13.1 Å². The summed E-state index contributed by atoms with van der Waals surface area (Å²) in [5.41, 5.74) is 0. The van der Waals surface area contributed by atoms with Crippen molar-refractivity contribution < 1.29 is 21.6 Å². The van der Waals surface area contributed by atoms with Gasteiger partial charge in [0.1, 0.15) is 10.9 Å². The SMILES string of the molecule is Cl.O=S(=O)(NCC(N1CCNCC1)C(F)(F)F)c1ccccc1Cl. The average Bonchev–Trinajstić information content (AvgIpc) is 2.47. The third-order valence-corrected chi connectivity index (χ3v) is 5.49. The number of alkyl halides is 3. The Morgan fingerprint density at radius 3 is 2.38 bits per heavy atom. The maximum absolute atomic E-state index is 13.2. The first-order valence-electron chi connectivity index (χ1n) is 6.97. The van der Waals surface area contributed by atoms with Gasteiger partial charge in [-0.3, -0.25) is 4.90 Å². The molecule has 1 unspecified atom stereocenters. The Morgan fingerprint density at radius 2 is 1.83 bits per heavy atom. The zero-order valence-corrected chi connectivity index (χ0v) is 14.9. The van der Waals surface area contributed by atoms with Crippen molar-refractivity contribution in [2.24, 2.45) is 0 Å². The van der Waals surface area contributed by atoms with E-state index in [1.807, 2.05) is 4.72 Å². The molecule has 1 aromatic rings. The van der Waals surface area contributed by atoms with E-state index < -0.39 is 28.8 Å².